The van der Waals surface area contributed by atoms with Crippen LogP contribution in [0.3, 0.4) is 0 Å². The Morgan fingerprint density at radius 2 is 1.89 bits per heavy atom. The van der Waals surface area contributed by atoms with Gasteiger partial charge in [-0.3, -0.25) is 4.40 Å². The fraction of sp³-hybridized carbons (Fsp3) is 0.273. The maximum absolute atomic E-state index is 12.3. The van der Waals surface area contributed by atoms with Crippen LogP contribution in [-0.4, -0.2) is 39.1 Å². The molecule has 0 radical (unpaired) electrons. The van der Waals surface area contributed by atoms with Gasteiger partial charge in [-0.05, 0) is 49.6 Å². The standard InChI is InChI=1S/C22H23N3O2/c1-22(2,3)27-21(26)24-11-9-18(15-24)19-14-23-20-13-17(10-12-25(19)20)16-7-5-4-6-8-16/h4-10,12-14H,11,15H2,1-3H3. The molecule has 3 heterocycles. The normalized spacial score (nSPS) is 14.5. The molecule has 0 bridgehead atoms. The van der Waals surface area contributed by atoms with Crippen LogP contribution in [0.15, 0.2) is 60.9 Å². The quantitative estimate of drug-likeness (QED) is 0.668. The Morgan fingerprint density at radius 1 is 1.11 bits per heavy atom. The highest BCUT2D eigenvalue weighted by Crippen LogP contribution is 2.26. The number of aromatic nitrogens is 2. The monoisotopic (exact) mass is 361 g/mol. The molecule has 5 nitrogen and oxygen atoms in total. The Morgan fingerprint density at radius 3 is 2.63 bits per heavy atom. The van der Waals surface area contributed by atoms with Crippen molar-refractivity contribution in [2.75, 3.05) is 13.1 Å². The molecule has 0 spiro atoms. The second-order valence-electron chi connectivity index (χ2n) is 7.74. The second kappa shape index (κ2) is 6.58. The van der Waals surface area contributed by atoms with Gasteiger partial charge in [-0.25, -0.2) is 9.78 Å². The van der Waals surface area contributed by atoms with Crippen LogP contribution in [0.2, 0.25) is 0 Å². The first-order valence-corrected chi connectivity index (χ1v) is 9.10. The Bertz CT molecular complexity index is 1010. The van der Waals surface area contributed by atoms with Gasteiger partial charge in [-0.2, -0.15) is 0 Å². The number of fused-ring (bicyclic) bond motifs is 1. The minimum absolute atomic E-state index is 0.283. The summed E-state index contributed by atoms with van der Waals surface area (Å²) in [4.78, 5) is 18.6. The Labute approximate surface area is 158 Å². The molecule has 2 aromatic heterocycles. The molecule has 5 heteroatoms. The van der Waals surface area contributed by atoms with E-state index in [0.717, 1.165) is 22.5 Å². The first kappa shape index (κ1) is 17.3. The third kappa shape index (κ3) is 3.58. The van der Waals surface area contributed by atoms with E-state index in [9.17, 15) is 4.79 Å². The van der Waals surface area contributed by atoms with Crippen molar-refractivity contribution < 1.29 is 9.53 Å². The minimum Gasteiger partial charge on any atom is -0.444 e. The number of carbonyl (C=O) groups is 1. The van der Waals surface area contributed by atoms with Crippen molar-refractivity contribution in [2.45, 2.75) is 26.4 Å². The highest BCUT2D eigenvalue weighted by molar-refractivity contribution is 5.78. The van der Waals surface area contributed by atoms with E-state index in [2.05, 4.69) is 39.7 Å². The Hall–Kier alpha value is -3.08. The summed E-state index contributed by atoms with van der Waals surface area (Å²) in [5.74, 6) is 0. The van der Waals surface area contributed by atoms with Crippen molar-refractivity contribution in [3.8, 4) is 11.1 Å². The summed E-state index contributed by atoms with van der Waals surface area (Å²) in [6.45, 7) is 6.72. The highest BCUT2D eigenvalue weighted by atomic mass is 16.6. The SMILES string of the molecule is CC(C)(C)OC(=O)N1CC=C(c2cnc3cc(-c4ccccc4)ccn23)C1. The van der Waals surface area contributed by atoms with Crippen LogP contribution >= 0.6 is 0 Å². The molecule has 0 saturated heterocycles. The van der Waals surface area contributed by atoms with Crippen LogP contribution in [0.25, 0.3) is 22.3 Å². The molecule has 27 heavy (non-hydrogen) atoms. The summed E-state index contributed by atoms with van der Waals surface area (Å²) in [5, 5.41) is 0. The lowest BCUT2D eigenvalue weighted by molar-refractivity contribution is 0.0306. The van der Waals surface area contributed by atoms with Crippen LogP contribution in [-0.2, 0) is 4.74 Å². The topological polar surface area (TPSA) is 46.8 Å². The number of nitrogens with zero attached hydrogens (tertiary/aromatic N) is 3. The zero-order chi connectivity index (χ0) is 19.0. The van der Waals surface area contributed by atoms with Crippen molar-refractivity contribution in [1.82, 2.24) is 14.3 Å². The maximum Gasteiger partial charge on any atom is 0.410 e. The predicted octanol–water partition coefficient (Wildman–Crippen LogP) is 4.64. The van der Waals surface area contributed by atoms with E-state index in [1.54, 1.807) is 4.90 Å². The van der Waals surface area contributed by atoms with E-state index < -0.39 is 5.60 Å². The number of pyridine rings is 1. The Kier molecular flexibility index (Phi) is 4.22. The van der Waals surface area contributed by atoms with Gasteiger partial charge in [0.2, 0.25) is 0 Å². The third-order valence-electron chi connectivity index (χ3n) is 4.52. The fourth-order valence-electron chi connectivity index (χ4n) is 3.23. The summed E-state index contributed by atoms with van der Waals surface area (Å²) in [5.41, 5.74) is 4.80. The molecule has 0 N–H and O–H groups in total. The van der Waals surface area contributed by atoms with Gasteiger partial charge in [0, 0.05) is 12.7 Å². The number of carbonyl (C=O) groups excluding carboxylic acids is 1. The largest absolute Gasteiger partial charge is 0.444 e. The Balaban J connectivity index is 1.56. The van der Waals surface area contributed by atoms with Crippen LogP contribution in [0.1, 0.15) is 26.5 Å². The van der Waals surface area contributed by atoms with Gasteiger partial charge in [-0.15, -0.1) is 0 Å². The number of hydrogen-bond donors (Lipinski definition) is 0. The van der Waals surface area contributed by atoms with Gasteiger partial charge in [0.05, 0.1) is 18.4 Å². The fourth-order valence-corrected chi connectivity index (χ4v) is 3.23. The zero-order valence-corrected chi connectivity index (χ0v) is 15.8. The van der Waals surface area contributed by atoms with Gasteiger partial charge in [0.25, 0.3) is 0 Å². The third-order valence-corrected chi connectivity index (χ3v) is 4.52. The number of imidazole rings is 1. The highest BCUT2D eigenvalue weighted by Gasteiger charge is 2.26. The molecule has 3 aromatic rings. The number of ether oxygens (including phenoxy) is 1. The van der Waals surface area contributed by atoms with Gasteiger partial charge in [0.15, 0.2) is 0 Å². The number of amides is 1. The molecule has 1 aliphatic heterocycles. The lowest BCUT2D eigenvalue weighted by Crippen LogP contribution is -2.35. The van der Waals surface area contributed by atoms with E-state index in [1.807, 2.05) is 51.4 Å². The van der Waals surface area contributed by atoms with Crippen molar-refractivity contribution in [3.63, 3.8) is 0 Å². The van der Waals surface area contributed by atoms with E-state index in [-0.39, 0.29) is 6.09 Å². The molecule has 1 aliphatic rings. The predicted molar refractivity (Wildman–Crippen MR) is 106 cm³/mol. The van der Waals surface area contributed by atoms with E-state index in [4.69, 9.17) is 4.74 Å². The summed E-state index contributed by atoms with van der Waals surface area (Å²) in [6.07, 6.45) is 5.69. The van der Waals surface area contributed by atoms with Crippen molar-refractivity contribution in [2.24, 2.45) is 0 Å². The number of benzene rings is 1. The summed E-state index contributed by atoms with van der Waals surface area (Å²) in [7, 11) is 0. The molecule has 0 unspecified atom stereocenters. The number of rotatable bonds is 2. The van der Waals surface area contributed by atoms with Crippen molar-refractivity contribution in [3.05, 3.63) is 66.6 Å². The van der Waals surface area contributed by atoms with Gasteiger partial charge in [0.1, 0.15) is 11.2 Å². The van der Waals surface area contributed by atoms with Gasteiger partial charge in [-0.1, -0.05) is 36.4 Å². The zero-order valence-electron chi connectivity index (χ0n) is 15.8. The molecule has 0 saturated carbocycles. The minimum atomic E-state index is -0.489. The van der Waals surface area contributed by atoms with Crippen LogP contribution in [0, 0.1) is 0 Å². The molecule has 138 valence electrons. The summed E-state index contributed by atoms with van der Waals surface area (Å²) < 4.78 is 7.54. The molecule has 0 aliphatic carbocycles. The van der Waals surface area contributed by atoms with E-state index >= 15 is 0 Å². The molecular weight excluding hydrogens is 338 g/mol. The van der Waals surface area contributed by atoms with Crippen molar-refractivity contribution in [1.29, 1.82) is 0 Å². The van der Waals surface area contributed by atoms with E-state index in [1.165, 1.54) is 5.56 Å². The molecule has 0 fully saturated rings. The smallest absolute Gasteiger partial charge is 0.410 e. The van der Waals surface area contributed by atoms with Crippen LogP contribution in [0.4, 0.5) is 4.79 Å². The van der Waals surface area contributed by atoms with Crippen molar-refractivity contribution >= 4 is 17.3 Å². The first-order chi connectivity index (χ1) is 12.9. The lowest BCUT2D eigenvalue weighted by atomic mass is 10.1. The average Bonchev–Trinajstić information content (AvgIpc) is 3.27. The molecule has 0 atom stereocenters. The van der Waals surface area contributed by atoms with E-state index in [0.29, 0.717) is 13.1 Å². The van der Waals surface area contributed by atoms with Crippen LogP contribution in [0.5, 0.6) is 0 Å². The van der Waals surface area contributed by atoms with Gasteiger partial charge >= 0.3 is 6.09 Å². The molecular formula is C22H23N3O2. The summed E-state index contributed by atoms with van der Waals surface area (Å²) in [6, 6.07) is 14.4. The first-order valence-electron chi connectivity index (χ1n) is 9.10. The lowest BCUT2D eigenvalue weighted by Gasteiger charge is -2.24. The van der Waals surface area contributed by atoms with Gasteiger partial charge < -0.3 is 9.64 Å². The van der Waals surface area contributed by atoms with Crippen LogP contribution < -0.4 is 0 Å². The number of hydrogen-bond acceptors (Lipinski definition) is 3. The molecule has 1 amide bonds. The average molecular weight is 361 g/mol. The maximum atomic E-state index is 12.3. The summed E-state index contributed by atoms with van der Waals surface area (Å²) >= 11 is 0. The molecule has 4 rings (SSSR count). The molecule has 1 aromatic carbocycles. The second-order valence-corrected chi connectivity index (χ2v) is 7.74.